The van der Waals surface area contributed by atoms with Crippen molar-refractivity contribution in [2.24, 2.45) is 0 Å². The Labute approximate surface area is 113 Å². The zero-order chi connectivity index (χ0) is 12.4. The van der Waals surface area contributed by atoms with Gasteiger partial charge in [0, 0.05) is 4.47 Å². The maximum absolute atomic E-state index is 12.0. The predicted molar refractivity (Wildman–Crippen MR) is 75.9 cm³/mol. The van der Waals surface area contributed by atoms with Gasteiger partial charge in [0.25, 0.3) is 5.91 Å². The molecule has 0 fully saturated rings. The molecule has 0 unspecified atom stereocenters. The second-order valence-electron chi connectivity index (χ2n) is 3.87. The normalized spacial score (nSPS) is 10.3. The summed E-state index contributed by atoms with van der Waals surface area (Å²) < 4.78 is 0.894. The minimum absolute atomic E-state index is 0.0520. The van der Waals surface area contributed by atoms with Gasteiger partial charge in [0.2, 0.25) is 0 Å². The molecule has 2 rings (SSSR count). The second kappa shape index (κ2) is 5.02. The van der Waals surface area contributed by atoms with Gasteiger partial charge in [-0.15, -0.1) is 11.3 Å². The molecular weight excluding hydrogens is 298 g/mol. The third-order valence-corrected chi connectivity index (χ3v) is 4.15. The number of aryl methyl sites for hydroxylation is 2. The van der Waals surface area contributed by atoms with Crippen LogP contribution in [0.1, 0.15) is 20.8 Å². The quantitative estimate of drug-likeness (QED) is 0.876. The van der Waals surface area contributed by atoms with Crippen molar-refractivity contribution in [3.8, 4) is 0 Å². The molecule has 1 N–H and O–H groups in total. The summed E-state index contributed by atoms with van der Waals surface area (Å²) in [4.78, 5) is 12.8. The van der Waals surface area contributed by atoms with Crippen LogP contribution in [0.2, 0.25) is 0 Å². The molecule has 0 atom stereocenters. The van der Waals surface area contributed by atoms with Crippen molar-refractivity contribution < 1.29 is 4.79 Å². The number of carbonyl (C=O) groups is 1. The minimum Gasteiger partial charge on any atom is -0.320 e. The van der Waals surface area contributed by atoms with Gasteiger partial charge in [-0.2, -0.15) is 0 Å². The molecule has 0 radical (unpaired) electrons. The van der Waals surface area contributed by atoms with Gasteiger partial charge in [-0.3, -0.25) is 4.79 Å². The van der Waals surface area contributed by atoms with Gasteiger partial charge in [-0.1, -0.05) is 6.07 Å². The van der Waals surface area contributed by atoms with Gasteiger partial charge >= 0.3 is 0 Å². The summed E-state index contributed by atoms with van der Waals surface area (Å²) in [5.74, 6) is -0.0520. The Hall–Kier alpha value is -1.13. The van der Waals surface area contributed by atoms with Gasteiger partial charge < -0.3 is 5.32 Å². The molecule has 0 saturated heterocycles. The average molecular weight is 310 g/mol. The van der Waals surface area contributed by atoms with Crippen LogP contribution in [0.4, 0.5) is 5.69 Å². The second-order valence-corrected chi connectivity index (χ2v) is 5.64. The number of carbonyl (C=O) groups excluding carboxylic acids is 1. The van der Waals surface area contributed by atoms with Crippen molar-refractivity contribution in [3.63, 3.8) is 0 Å². The highest BCUT2D eigenvalue weighted by atomic mass is 79.9. The highest BCUT2D eigenvalue weighted by Gasteiger charge is 2.11. The van der Waals surface area contributed by atoms with Crippen molar-refractivity contribution in [2.45, 2.75) is 13.8 Å². The van der Waals surface area contributed by atoms with E-state index >= 15 is 0 Å². The van der Waals surface area contributed by atoms with E-state index in [-0.39, 0.29) is 5.91 Å². The summed E-state index contributed by atoms with van der Waals surface area (Å²) in [5.41, 5.74) is 2.94. The van der Waals surface area contributed by atoms with E-state index in [1.165, 1.54) is 11.3 Å². The van der Waals surface area contributed by atoms with Crippen molar-refractivity contribution in [2.75, 3.05) is 5.32 Å². The van der Waals surface area contributed by atoms with Crippen LogP contribution in [0.3, 0.4) is 0 Å². The Morgan fingerprint density at radius 2 is 2.06 bits per heavy atom. The van der Waals surface area contributed by atoms with Crippen LogP contribution in [-0.4, -0.2) is 5.91 Å². The number of benzene rings is 1. The molecule has 1 aromatic carbocycles. The van der Waals surface area contributed by atoms with E-state index in [4.69, 9.17) is 0 Å². The van der Waals surface area contributed by atoms with Crippen molar-refractivity contribution >= 4 is 38.9 Å². The van der Waals surface area contributed by atoms with Gasteiger partial charge in [0.1, 0.15) is 0 Å². The number of hydrogen-bond acceptors (Lipinski definition) is 2. The molecule has 0 aliphatic heterocycles. The van der Waals surface area contributed by atoms with Crippen LogP contribution in [-0.2, 0) is 0 Å². The zero-order valence-corrected chi connectivity index (χ0v) is 12.0. The smallest absolute Gasteiger partial charge is 0.266 e. The standard InChI is InChI=1S/C13H12BrNOS/c1-8-3-4-10(14)11(7-8)15-13(16)12-9(2)5-6-17-12/h3-7H,1-2H3,(H,15,16). The Kier molecular flexibility index (Phi) is 3.64. The summed E-state index contributed by atoms with van der Waals surface area (Å²) in [6.45, 7) is 3.94. The lowest BCUT2D eigenvalue weighted by Gasteiger charge is -2.07. The van der Waals surface area contributed by atoms with Crippen molar-refractivity contribution in [1.82, 2.24) is 0 Å². The summed E-state index contributed by atoms with van der Waals surface area (Å²) in [7, 11) is 0. The summed E-state index contributed by atoms with van der Waals surface area (Å²) in [6, 6.07) is 7.83. The Balaban J connectivity index is 2.24. The van der Waals surface area contributed by atoms with E-state index in [9.17, 15) is 4.79 Å². The van der Waals surface area contributed by atoms with Gasteiger partial charge in [0.05, 0.1) is 10.6 Å². The van der Waals surface area contributed by atoms with E-state index in [1.54, 1.807) is 0 Å². The van der Waals surface area contributed by atoms with Gasteiger partial charge in [0.15, 0.2) is 0 Å². The fourth-order valence-electron chi connectivity index (χ4n) is 1.52. The van der Waals surface area contributed by atoms with Crippen LogP contribution in [0, 0.1) is 13.8 Å². The first-order valence-corrected chi connectivity index (χ1v) is 6.87. The number of thiophene rings is 1. The average Bonchev–Trinajstić information content (AvgIpc) is 2.70. The predicted octanol–water partition coefficient (Wildman–Crippen LogP) is 4.38. The molecule has 88 valence electrons. The molecule has 1 amide bonds. The SMILES string of the molecule is Cc1ccc(Br)c(NC(=O)c2sccc2C)c1. The van der Waals surface area contributed by atoms with Crippen LogP contribution in [0.5, 0.6) is 0 Å². The molecule has 17 heavy (non-hydrogen) atoms. The molecule has 2 nitrogen and oxygen atoms in total. The Bertz CT molecular complexity index is 562. The molecule has 1 aromatic heterocycles. The van der Waals surface area contributed by atoms with Gasteiger partial charge in [-0.05, 0) is 64.5 Å². The summed E-state index contributed by atoms with van der Waals surface area (Å²) in [6.07, 6.45) is 0. The van der Waals surface area contributed by atoms with E-state index in [2.05, 4.69) is 21.2 Å². The first kappa shape index (κ1) is 12.3. The number of anilines is 1. The monoisotopic (exact) mass is 309 g/mol. The van der Waals surface area contributed by atoms with Crippen molar-refractivity contribution in [3.05, 3.63) is 50.1 Å². The first-order valence-electron chi connectivity index (χ1n) is 5.19. The Morgan fingerprint density at radius 1 is 1.29 bits per heavy atom. The lowest BCUT2D eigenvalue weighted by atomic mass is 10.2. The molecule has 4 heteroatoms. The van der Waals surface area contributed by atoms with Crippen LogP contribution >= 0.6 is 27.3 Å². The molecule has 0 saturated carbocycles. The van der Waals surface area contributed by atoms with E-state index in [0.717, 1.165) is 26.2 Å². The molecular formula is C13H12BrNOS. The lowest BCUT2D eigenvalue weighted by molar-refractivity contribution is 0.103. The number of halogens is 1. The highest BCUT2D eigenvalue weighted by molar-refractivity contribution is 9.10. The minimum atomic E-state index is -0.0520. The van der Waals surface area contributed by atoms with Gasteiger partial charge in [-0.25, -0.2) is 0 Å². The van der Waals surface area contributed by atoms with Crippen LogP contribution in [0.25, 0.3) is 0 Å². The third kappa shape index (κ3) is 2.76. The van der Waals surface area contributed by atoms with E-state index in [1.807, 2.05) is 43.5 Å². The van der Waals surface area contributed by atoms with E-state index in [0.29, 0.717) is 0 Å². The maximum atomic E-state index is 12.0. The largest absolute Gasteiger partial charge is 0.320 e. The molecule has 0 spiro atoms. The molecule has 0 aliphatic carbocycles. The molecule has 1 heterocycles. The van der Waals surface area contributed by atoms with E-state index < -0.39 is 0 Å². The third-order valence-electron chi connectivity index (χ3n) is 2.44. The fourth-order valence-corrected chi connectivity index (χ4v) is 2.69. The lowest BCUT2D eigenvalue weighted by Crippen LogP contribution is -2.11. The van der Waals surface area contributed by atoms with Crippen molar-refractivity contribution in [1.29, 1.82) is 0 Å². The first-order chi connectivity index (χ1) is 8.08. The highest BCUT2D eigenvalue weighted by Crippen LogP contribution is 2.25. The molecule has 0 aliphatic rings. The number of hydrogen-bond donors (Lipinski definition) is 1. The number of amides is 1. The maximum Gasteiger partial charge on any atom is 0.266 e. The molecule has 0 bridgehead atoms. The number of rotatable bonds is 2. The fraction of sp³-hybridized carbons (Fsp3) is 0.154. The molecule has 2 aromatic rings. The topological polar surface area (TPSA) is 29.1 Å². The Morgan fingerprint density at radius 3 is 2.71 bits per heavy atom. The number of nitrogens with one attached hydrogen (secondary N) is 1. The van der Waals surface area contributed by atoms with Crippen LogP contribution in [0.15, 0.2) is 34.1 Å². The van der Waals surface area contributed by atoms with Crippen LogP contribution < -0.4 is 5.32 Å². The zero-order valence-electron chi connectivity index (χ0n) is 9.58. The summed E-state index contributed by atoms with van der Waals surface area (Å²) in [5, 5.41) is 4.84. The summed E-state index contributed by atoms with van der Waals surface area (Å²) >= 11 is 4.89.